The summed E-state index contributed by atoms with van der Waals surface area (Å²) in [7, 11) is -0.907. The lowest BCUT2D eigenvalue weighted by molar-refractivity contribution is 0.102. The quantitative estimate of drug-likeness (QED) is 0.616. The molecule has 0 radical (unpaired) electrons. The Kier molecular flexibility index (Phi) is 6.04. The van der Waals surface area contributed by atoms with Gasteiger partial charge in [0, 0.05) is 11.3 Å². The van der Waals surface area contributed by atoms with Gasteiger partial charge >= 0.3 is 0 Å². The van der Waals surface area contributed by atoms with Crippen LogP contribution in [0.25, 0.3) is 0 Å². The minimum absolute atomic E-state index is 0.0162. The highest BCUT2D eigenvalue weighted by atomic mass is 32.2. The van der Waals surface area contributed by atoms with Crippen LogP contribution in [0.5, 0.6) is 11.5 Å². The topological polar surface area (TPSA) is 93.7 Å². The molecule has 0 spiro atoms. The summed E-state index contributed by atoms with van der Waals surface area (Å²) in [6, 6.07) is 19.3. The van der Waals surface area contributed by atoms with Gasteiger partial charge < -0.3 is 14.8 Å². The van der Waals surface area contributed by atoms with E-state index in [0.717, 1.165) is 0 Å². The summed E-state index contributed by atoms with van der Waals surface area (Å²) in [5.41, 5.74) is 1.08. The van der Waals surface area contributed by atoms with Crippen molar-refractivity contribution in [2.75, 3.05) is 24.3 Å². The van der Waals surface area contributed by atoms with E-state index in [1.54, 1.807) is 54.6 Å². The molecule has 0 aromatic heterocycles. The summed E-state index contributed by atoms with van der Waals surface area (Å²) in [5.74, 6) is 0.586. The predicted molar refractivity (Wildman–Crippen MR) is 111 cm³/mol. The molecule has 3 aromatic carbocycles. The van der Waals surface area contributed by atoms with Crippen LogP contribution in [0, 0.1) is 0 Å². The van der Waals surface area contributed by atoms with Crippen molar-refractivity contribution in [2.45, 2.75) is 4.90 Å². The molecule has 3 aromatic rings. The summed E-state index contributed by atoms with van der Waals surface area (Å²) in [5, 5.41) is 2.70. The number of sulfonamides is 1. The van der Waals surface area contributed by atoms with Gasteiger partial charge in [0.1, 0.15) is 11.5 Å². The fourth-order valence-electron chi connectivity index (χ4n) is 2.61. The Morgan fingerprint density at radius 3 is 2.17 bits per heavy atom. The summed E-state index contributed by atoms with van der Waals surface area (Å²) >= 11 is 0. The molecule has 0 atom stereocenters. The molecule has 0 saturated carbocycles. The molecule has 3 rings (SSSR count). The number of rotatable bonds is 7. The van der Waals surface area contributed by atoms with E-state index in [-0.39, 0.29) is 16.5 Å². The van der Waals surface area contributed by atoms with Gasteiger partial charge in [0.05, 0.1) is 24.8 Å². The zero-order valence-electron chi connectivity index (χ0n) is 15.9. The van der Waals surface area contributed by atoms with Crippen molar-refractivity contribution >= 4 is 27.3 Å². The number of ether oxygens (including phenoxy) is 2. The largest absolute Gasteiger partial charge is 0.497 e. The molecule has 2 N–H and O–H groups in total. The van der Waals surface area contributed by atoms with Gasteiger partial charge in [-0.25, -0.2) is 8.42 Å². The second kappa shape index (κ2) is 8.66. The van der Waals surface area contributed by atoms with Crippen molar-refractivity contribution in [1.82, 2.24) is 0 Å². The maximum absolute atomic E-state index is 12.8. The number of hydrogen-bond acceptors (Lipinski definition) is 5. The van der Waals surface area contributed by atoms with Gasteiger partial charge in [0.25, 0.3) is 15.9 Å². The van der Waals surface area contributed by atoms with Crippen LogP contribution in [0.3, 0.4) is 0 Å². The van der Waals surface area contributed by atoms with Crippen molar-refractivity contribution < 1.29 is 22.7 Å². The standard InChI is InChI=1S/C21H20N2O5S/c1-27-17-10-8-16(9-11-17)23-29(25,26)18-12-13-20(28-2)19(14-18)22-21(24)15-6-4-3-5-7-15/h3-14,23H,1-2H3,(H,22,24). The van der Waals surface area contributed by atoms with E-state index in [9.17, 15) is 13.2 Å². The maximum Gasteiger partial charge on any atom is 0.261 e. The molecule has 0 saturated heterocycles. The zero-order chi connectivity index (χ0) is 20.9. The molecule has 0 aliphatic heterocycles. The Morgan fingerprint density at radius 1 is 0.862 bits per heavy atom. The molecule has 0 aliphatic rings. The zero-order valence-corrected chi connectivity index (χ0v) is 16.7. The Hall–Kier alpha value is -3.52. The molecule has 150 valence electrons. The van der Waals surface area contributed by atoms with Gasteiger partial charge in [-0.05, 0) is 54.6 Å². The SMILES string of the molecule is COc1ccc(NS(=O)(=O)c2ccc(OC)c(NC(=O)c3ccccc3)c2)cc1. The summed E-state index contributed by atoms with van der Waals surface area (Å²) in [6.07, 6.45) is 0. The minimum atomic E-state index is -3.88. The van der Waals surface area contributed by atoms with Crippen LogP contribution in [0.1, 0.15) is 10.4 Å². The van der Waals surface area contributed by atoms with Crippen molar-refractivity contribution in [3.05, 3.63) is 78.4 Å². The second-order valence-corrected chi connectivity index (χ2v) is 7.70. The first-order chi connectivity index (χ1) is 13.9. The van der Waals surface area contributed by atoms with Crippen molar-refractivity contribution in [3.8, 4) is 11.5 Å². The van der Waals surface area contributed by atoms with Gasteiger partial charge in [-0.1, -0.05) is 18.2 Å². The van der Waals surface area contributed by atoms with Gasteiger partial charge in [-0.2, -0.15) is 0 Å². The summed E-state index contributed by atoms with van der Waals surface area (Å²) in [6.45, 7) is 0. The lowest BCUT2D eigenvalue weighted by Gasteiger charge is -2.13. The molecule has 0 heterocycles. The van der Waals surface area contributed by atoms with E-state index in [0.29, 0.717) is 22.7 Å². The molecular weight excluding hydrogens is 392 g/mol. The highest BCUT2D eigenvalue weighted by Gasteiger charge is 2.18. The Labute approximate surface area is 169 Å². The van der Waals surface area contributed by atoms with Crippen molar-refractivity contribution in [1.29, 1.82) is 0 Å². The Balaban J connectivity index is 1.87. The Bertz CT molecular complexity index is 1100. The fraction of sp³-hybridized carbons (Fsp3) is 0.0952. The molecule has 0 aliphatic carbocycles. The number of nitrogens with one attached hydrogen (secondary N) is 2. The van der Waals surface area contributed by atoms with Gasteiger partial charge in [-0.3, -0.25) is 9.52 Å². The van der Waals surface area contributed by atoms with E-state index in [1.807, 2.05) is 0 Å². The van der Waals surface area contributed by atoms with E-state index in [2.05, 4.69) is 10.0 Å². The van der Waals surface area contributed by atoms with Crippen LogP contribution >= 0.6 is 0 Å². The summed E-state index contributed by atoms with van der Waals surface area (Å²) < 4.78 is 38.4. The number of methoxy groups -OCH3 is 2. The van der Waals surface area contributed by atoms with Crippen molar-refractivity contribution in [2.24, 2.45) is 0 Å². The van der Waals surface area contributed by atoms with Crippen LogP contribution < -0.4 is 19.5 Å². The number of amides is 1. The number of benzene rings is 3. The van der Waals surface area contributed by atoms with Crippen LogP contribution in [0.15, 0.2) is 77.7 Å². The van der Waals surface area contributed by atoms with E-state index < -0.39 is 10.0 Å². The predicted octanol–water partition coefficient (Wildman–Crippen LogP) is 3.76. The third-order valence-electron chi connectivity index (χ3n) is 4.11. The maximum atomic E-state index is 12.8. The molecule has 0 unspecified atom stereocenters. The second-order valence-electron chi connectivity index (χ2n) is 6.02. The third kappa shape index (κ3) is 4.85. The molecular formula is C21H20N2O5S. The van der Waals surface area contributed by atoms with Crippen molar-refractivity contribution in [3.63, 3.8) is 0 Å². The molecule has 7 nitrogen and oxygen atoms in total. The van der Waals surface area contributed by atoms with E-state index in [1.165, 1.54) is 32.4 Å². The van der Waals surface area contributed by atoms with E-state index in [4.69, 9.17) is 9.47 Å². The highest BCUT2D eigenvalue weighted by molar-refractivity contribution is 7.92. The smallest absolute Gasteiger partial charge is 0.261 e. The number of carbonyl (C=O) groups excluding carboxylic acids is 1. The monoisotopic (exact) mass is 412 g/mol. The molecule has 8 heteroatoms. The van der Waals surface area contributed by atoms with Crippen LogP contribution in [-0.2, 0) is 10.0 Å². The minimum Gasteiger partial charge on any atom is -0.497 e. The van der Waals surface area contributed by atoms with E-state index >= 15 is 0 Å². The lowest BCUT2D eigenvalue weighted by atomic mass is 10.2. The average Bonchev–Trinajstić information content (AvgIpc) is 2.74. The van der Waals surface area contributed by atoms with Gasteiger partial charge in [0.15, 0.2) is 0 Å². The first kappa shape index (κ1) is 20.2. The van der Waals surface area contributed by atoms with Crippen LogP contribution in [0.2, 0.25) is 0 Å². The molecule has 29 heavy (non-hydrogen) atoms. The normalized spacial score (nSPS) is 10.8. The summed E-state index contributed by atoms with van der Waals surface area (Å²) in [4.78, 5) is 12.4. The van der Waals surface area contributed by atoms with Crippen LogP contribution in [-0.4, -0.2) is 28.5 Å². The third-order valence-corrected chi connectivity index (χ3v) is 5.49. The number of carbonyl (C=O) groups is 1. The highest BCUT2D eigenvalue weighted by Crippen LogP contribution is 2.29. The van der Waals surface area contributed by atoms with Gasteiger partial charge in [0.2, 0.25) is 0 Å². The van der Waals surface area contributed by atoms with Crippen LogP contribution in [0.4, 0.5) is 11.4 Å². The molecule has 0 fully saturated rings. The lowest BCUT2D eigenvalue weighted by Crippen LogP contribution is -2.15. The first-order valence-electron chi connectivity index (χ1n) is 8.64. The fourth-order valence-corrected chi connectivity index (χ4v) is 3.69. The first-order valence-corrected chi connectivity index (χ1v) is 10.1. The average molecular weight is 412 g/mol. The molecule has 0 bridgehead atoms. The van der Waals surface area contributed by atoms with Gasteiger partial charge in [-0.15, -0.1) is 0 Å². The molecule has 1 amide bonds. The Morgan fingerprint density at radius 2 is 1.55 bits per heavy atom. The number of anilines is 2. The number of hydrogen-bond donors (Lipinski definition) is 2.